The second-order valence-electron chi connectivity index (χ2n) is 5.71. The number of aryl methyl sites for hydroxylation is 2. The van der Waals surface area contributed by atoms with E-state index in [1.54, 1.807) is 4.68 Å². The van der Waals surface area contributed by atoms with Crippen LogP contribution in [0.2, 0.25) is 0 Å². The van der Waals surface area contributed by atoms with Crippen molar-refractivity contribution in [2.75, 3.05) is 26.2 Å². The van der Waals surface area contributed by atoms with Gasteiger partial charge >= 0.3 is 0 Å². The van der Waals surface area contributed by atoms with Crippen LogP contribution >= 0.6 is 0 Å². The Balaban J connectivity index is 1.98. The van der Waals surface area contributed by atoms with Crippen molar-refractivity contribution >= 4 is 5.91 Å². The molecule has 0 spiro atoms. The quantitative estimate of drug-likeness (QED) is 0.908. The van der Waals surface area contributed by atoms with Crippen LogP contribution in [0.25, 0.3) is 0 Å². The molecule has 5 heteroatoms. The molecule has 1 aliphatic heterocycles. The summed E-state index contributed by atoms with van der Waals surface area (Å²) >= 11 is 0. The highest BCUT2D eigenvalue weighted by molar-refractivity contribution is 5.96. The first kappa shape index (κ1) is 15.0. The number of aromatic nitrogens is 2. The molecule has 2 rings (SSSR count). The van der Waals surface area contributed by atoms with Crippen molar-refractivity contribution in [1.82, 2.24) is 20.0 Å². The zero-order chi connectivity index (χ0) is 14.7. The van der Waals surface area contributed by atoms with Crippen LogP contribution in [0.5, 0.6) is 0 Å². The van der Waals surface area contributed by atoms with E-state index in [9.17, 15) is 4.79 Å². The minimum atomic E-state index is 0.148. The van der Waals surface area contributed by atoms with E-state index in [0.29, 0.717) is 5.92 Å². The molecule has 1 aliphatic rings. The fourth-order valence-corrected chi connectivity index (χ4v) is 2.93. The number of hydrogen-bond acceptors (Lipinski definition) is 3. The molecular weight excluding hydrogens is 252 g/mol. The average molecular weight is 278 g/mol. The van der Waals surface area contributed by atoms with Gasteiger partial charge in [-0.05, 0) is 45.7 Å². The predicted molar refractivity (Wildman–Crippen MR) is 79.9 cm³/mol. The highest BCUT2D eigenvalue weighted by Crippen LogP contribution is 2.21. The Morgan fingerprint density at radius 3 is 2.50 bits per heavy atom. The van der Waals surface area contributed by atoms with Gasteiger partial charge in [0.15, 0.2) is 0 Å². The molecule has 1 N–H and O–H groups in total. The van der Waals surface area contributed by atoms with Gasteiger partial charge in [-0.25, -0.2) is 0 Å². The van der Waals surface area contributed by atoms with E-state index in [0.717, 1.165) is 56.0 Å². The first-order valence-corrected chi connectivity index (χ1v) is 7.54. The van der Waals surface area contributed by atoms with Gasteiger partial charge in [0.05, 0.1) is 11.3 Å². The number of likely N-dealkylation sites (tertiary alicyclic amines) is 1. The highest BCUT2D eigenvalue weighted by atomic mass is 16.2. The lowest BCUT2D eigenvalue weighted by Crippen LogP contribution is -2.41. The molecule has 0 radical (unpaired) electrons. The maximum absolute atomic E-state index is 12.6. The molecular formula is C15H26N4O. The van der Waals surface area contributed by atoms with E-state index >= 15 is 0 Å². The molecule has 20 heavy (non-hydrogen) atoms. The Hall–Kier alpha value is -1.36. The summed E-state index contributed by atoms with van der Waals surface area (Å²) in [6.45, 7) is 9.83. The second kappa shape index (κ2) is 6.39. The Kier molecular flexibility index (Phi) is 4.81. The van der Waals surface area contributed by atoms with E-state index in [1.807, 2.05) is 25.8 Å². The normalized spacial score (nSPS) is 16.7. The lowest BCUT2D eigenvalue weighted by atomic mass is 9.96. The largest absolute Gasteiger partial charge is 0.339 e. The van der Waals surface area contributed by atoms with Crippen molar-refractivity contribution in [3.8, 4) is 0 Å². The molecule has 1 fully saturated rings. The van der Waals surface area contributed by atoms with E-state index < -0.39 is 0 Å². The summed E-state index contributed by atoms with van der Waals surface area (Å²) in [5, 5.41) is 7.74. The van der Waals surface area contributed by atoms with Crippen molar-refractivity contribution in [2.24, 2.45) is 13.0 Å². The summed E-state index contributed by atoms with van der Waals surface area (Å²) in [5.74, 6) is 0.852. The van der Waals surface area contributed by atoms with Gasteiger partial charge in [-0.2, -0.15) is 5.10 Å². The van der Waals surface area contributed by atoms with Crippen molar-refractivity contribution in [3.63, 3.8) is 0 Å². The SMILES string of the molecule is CCNCC1CCN(C(=O)c2c(C)nn(C)c2C)CC1. The number of nitrogens with one attached hydrogen (secondary N) is 1. The van der Waals surface area contributed by atoms with Gasteiger partial charge in [0.2, 0.25) is 0 Å². The first-order chi connectivity index (χ1) is 9.54. The van der Waals surface area contributed by atoms with Gasteiger partial charge in [-0.15, -0.1) is 0 Å². The minimum absolute atomic E-state index is 0.148. The Labute approximate surface area is 121 Å². The topological polar surface area (TPSA) is 50.2 Å². The van der Waals surface area contributed by atoms with E-state index in [-0.39, 0.29) is 5.91 Å². The third kappa shape index (κ3) is 3.03. The molecule has 1 aromatic rings. The molecule has 2 heterocycles. The third-order valence-corrected chi connectivity index (χ3v) is 4.31. The summed E-state index contributed by atoms with van der Waals surface area (Å²) in [5.41, 5.74) is 2.59. The van der Waals surface area contributed by atoms with Gasteiger partial charge < -0.3 is 10.2 Å². The number of nitrogens with zero attached hydrogens (tertiary/aromatic N) is 3. The predicted octanol–water partition coefficient (Wildman–Crippen LogP) is 1.50. The molecule has 1 amide bonds. The lowest BCUT2D eigenvalue weighted by molar-refractivity contribution is 0.0688. The molecule has 5 nitrogen and oxygen atoms in total. The fourth-order valence-electron chi connectivity index (χ4n) is 2.93. The molecule has 112 valence electrons. The first-order valence-electron chi connectivity index (χ1n) is 7.54. The maximum Gasteiger partial charge on any atom is 0.257 e. The van der Waals surface area contributed by atoms with E-state index in [2.05, 4.69) is 17.3 Å². The van der Waals surface area contributed by atoms with Crippen molar-refractivity contribution in [1.29, 1.82) is 0 Å². The Bertz CT molecular complexity index is 472. The summed E-state index contributed by atoms with van der Waals surface area (Å²) in [6, 6.07) is 0. The van der Waals surface area contributed by atoms with Gasteiger partial charge in [-0.3, -0.25) is 9.48 Å². The fraction of sp³-hybridized carbons (Fsp3) is 0.733. The summed E-state index contributed by atoms with van der Waals surface area (Å²) in [6.07, 6.45) is 2.19. The third-order valence-electron chi connectivity index (χ3n) is 4.31. The van der Waals surface area contributed by atoms with Crippen LogP contribution in [-0.4, -0.2) is 46.8 Å². The molecule has 0 unspecified atom stereocenters. The molecule has 0 bridgehead atoms. The molecule has 0 atom stereocenters. The van der Waals surface area contributed by atoms with Crippen LogP contribution < -0.4 is 5.32 Å². The molecule has 1 saturated heterocycles. The Morgan fingerprint density at radius 2 is 2.00 bits per heavy atom. The standard InChI is InChI=1S/C15H26N4O/c1-5-16-10-13-6-8-19(9-7-13)15(20)14-11(2)17-18(4)12(14)3/h13,16H,5-10H2,1-4H3. The van der Waals surface area contributed by atoms with Crippen molar-refractivity contribution < 1.29 is 4.79 Å². The molecule has 0 saturated carbocycles. The maximum atomic E-state index is 12.6. The van der Waals surface area contributed by atoms with Gasteiger partial charge in [0.25, 0.3) is 5.91 Å². The second-order valence-corrected chi connectivity index (χ2v) is 5.71. The zero-order valence-electron chi connectivity index (χ0n) is 13.1. The number of amides is 1. The number of piperidine rings is 1. The lowest BCUT2D eigenvalue weighted by Gasteiger charge is -2.32. The molecule has 0 aromatic carbocycles. The van der Waals surface area contributed by atoms with Crippen LogP contribution in [0, 0.1) is 19.8 Å². The zero-order valence-corrected chi connectivity index (χ0v) is 13.1. The van der Waals surface area contributed by atoms with E-state index in [1.165, 1.54) is 0 Å². The summed E-state index contributed by atoms with van der Waals surface area (Å²) < 4.78 is 1.79. The Morgan fingerprint density at radius 1 is 1.35 bits per heavy atom. The van der Waals surface area contributed by atoms with Crippen LogP contribution in [0.3, 0.4) is 0 Å². The minimum Gasteiger partial charge on any atom is -0.339 e. The van der Waals surface area contributed by atoms with Crippen molar-refractivity contribution in [3.05, 3.63) is 17.0 Å². The molecule has 0 aliphatic carbocycles. The van der Waals surface area contributed by atoms with Gasteiger partial charge in [-0.1, -0.05) is 6.92 Å². The number of carbonyl (C=O) groups excluding carboxylic acids is 1. The van der Waals surface area contributed by atoms with Crippen LogP contribution in [-0.2, 0) is 7.05 Å². The summed E-state index contributed by atoms with van der Waals surface area (Å²) in [4.78, 5) is 14.6. The van der Waals surface area contributed by atoms with Crippen LogP contribution in [0.15, 0.2) is 0 Å². The number of carbonyl (C=O) groups is 1. The van der Waals surface area contributed by atoms with Gasteiger partial charge in [0.1, 0.15) is 0 Å². The summed E-state index contributed by atoms with van der Waals surface area (Å²) in [7, 11) is 1.89. The monoisotopic (exact) mass is 278 g/mol. The van der Waals surface area contributed by atoms with Crippen molar-refractivity contribution in [2.45, 2.75) is 33.6 Å². The van der Waals surface area contributed by atoms with E-state index in [4.69, 9.17) is 0 Å². The number of rotatable bonds is 4. The average Bonchev–Trinajstić information content (AvgIpc) is 2.70. The van der Waals surface area contributed by atoms with Gasteiger partial charge in [0, 0.05) is 25.8 Å². The van der Waals surface area contributed by atoms with Crippen LogP contribution in [0.4, 0.5) is 0 Å². The van der Waals surface area contributed by atoms with Crippen LogP contribution in [0.1, 0.15) is 41.5 Å². The molecule has 1 aromatic heterocycles. The number of hydrogen-bond donors (Lipinski definition) is 1. The highest BCUT2D eigenvalue weighted by Gasteiger charge is 2.26. The smallest absolute Gasteiger partial charge is 0.257 e.